The molecule has 110 valence electrons. The smallest absolute Gasteiger partial charge is 0.267 e. The number of nitrogens with zero attached hydrogens (tertiary/aromatic N) is 1. The number of H-pyrrole nitrogens is 2. The molecule has 1 amide bonds. The molecule has 0 radical (unpaired) electrons. The number of carbonyl (C=O) groups excluding carboxylic acids is 1. The zero-order valence-electron chi connectivity index (χ0n) is 11.4. The van der Waals surface area contributed by atoms with Gasteiger partial charge in [-0.3, -0.25) is 14.7 Å². The molecule has 0 spiro atoms. The quantitative estimate of drug-likeness (QED) is 0.580. The molecule has 0 fully saturated rings. The second-order valence-electron chi connectivity index (χ2n) is 4.53. The third kappa shape index (κ3) is 4.32. The van der Waals surface area contributed by atoms with Gasteiger partial charge in [-0.25, -0.2) is 5.43 Å². The van der Waals surface area contributed by atoms with Crippen molar-refractivity contribution in [2.45, 2.75) is 19.8 Å². The van der Waals surface area contributed by atoms with Crippen molar-refractivity contribution in [2.24, 2.45) is 5.10 Å². The molecule has 1 aromatic carbocycles. The lowest BCUT2D eigenvalue weighted by Gasteiger charge is -1.99. The number of nitrogens with one attached hydrogen (secondary N) is 3. The van der Waals surface area contributed by atoms with E-state index in [2.05, 4.69) is 20.7 Å². The molecule has 0 bridgehead atoms. The topological polar surface area (TPSA) is 90.1 Å². The highest BCUT2D eigenvalue weighted by Gasteiger charge is 2.08. The van der Waals surface area contributed by atoms with Crippen LogP contribution in [-0.2, 0) is 11.2 Å². The summed E-state index contributed by atoms with van der Waals surface area (Å²) >= 11 is 5.84. The summed E-state index contributed by atoms with van der Waals surface area (Å²) in [7, 11) is 0. The Labute approximate surface area is 126 Å². The van der Waals surface area contributed by atoms with Crippen LogP contribution >= 0.6 is 11.6 Å². The van der Waals surface area contributed by atoms with E-state index in [1.165, 1.54) is 6.21 Å². The van der Waals surface area contributed by atoms with Crippen molar-refractivity contribution < 1.29 is 4.79 Å². The lowest BCUT2D eigenvalue weighted by Crippen LogP contribution is -2.19. The van der Waals surface area contributed by atoms with Crippen LogP contribution < -0.4 is 11.0 Å². The van der Waals surface area contributed by atoms with Crippen molar-refractivity contribution in [2.75, 3.05) is 0 Å². The minimum atomic E-state index is -0.256. The first kappa shape index (κ1) is 15.1. The third-order valence-electron chi connectivity index (χ3n) is 2.94. The number of hydrazone groups is 1. The van der Waals surface area contributed by atoms with Gasteiger partial charge in [-0.15, -0.1) is 0 Å². The summed E-state index contributed by atoms with van der Waals surface area (Å²) < 4.78 is 0. The van der Waals surface area contributed by atoms with Gasteiger partial charge in [0.05, 0.1) is 6.21 Å². The molecule has 0 unspecified atom stereocenters. The fourth-order valence-electron chi connectivity index (χ4n) is 1.83. The van der Waals surface area contributed by atoms with Gasteiger partial charge in [0, 0.05) is 22.7 Å². The van der Waals surface area contributed by atoms with Crippen molar-refractivity contribution in [1.29, 1.82) is 0 Å². The number of halogens is 1. The summed E-state index contributed by atoms with van der Waals surface area (Å²) in [5, 5.41) is 9.65. The minimum Gasteiger partial charge on any atom is -0.302 e. The summed E-state index contributed by atoms with van der Waals surface area (Å²) in [6, 6.07) is 7.12. The molecule has 1 aromatic heterocycles. The standard InChI is InChI=1S/C14H15ClN4O2/c1-9-12(14(21)19-17-9)5-6-13(20)18-16-8-10-3-2-4-11(15)7-10/h2-4,7-8H,5-6H2,1H3,(H,18,20)(H2,17,19,21)/b16-8+. The average molecular weight is 307 g/mol. The van der Waals surface area contributed by atoms with Crippen LogP contribution in [0.3, 0.4) is 0 Å². The summed E-state index contributed by atoms with van der Waals surface area (Å²) in [5.41, 5.74) is 4.35. The van der Waals surface area contributed by atoms with E-state index in [9.17, 15) is 9.59 Å². The summed E-state index contributed by atoms with van der Waals surface area (Å²) in [6.45, 7) is 1.78. The Hall–Kier alpha value is -2.34. The lowest BCUT2D eigenvalue weighted by atomic mass is 10.1. The summed E-state index contributed by atoms with van der Waals surface area (Å²) in [5.74, 6) is -0.256. The first-order valence-corrected chi connectivity index (χ1v) is 6.77. The first-order chi connectivity index (χ1) is 10.1. The Bertz CT molecular complexity index is 718. The molecule has 3 N–H and O–H groups in total. The van der Waals surface area contributed by atoms with Crippen LogP contribution in [0.15, 0.2) is 34.2 Å². The predicted octanol–water partition coefficient (Wildman–Crippen LogP) is 1.75. The average Bonchev–Trinajstić information content (AvgIpc) is 2.76. The van der Waals surface area contributed by atoms with Crippen LogP contribution in [0.4, 0.5) is 0 Å². The van der Waals surface area contributed by atoms with Crippen molar-refractivity contribution in [3.05, 3.63) is 56.5 Å². The molecule has 0 aliphatic rings. The van der Waals surface area contributed by atoms with E-state index in [0.717, 1.165) is 11.3 Å². The second kappa shape index (κ2) is 6.90. The van der Waals surface area contributed by atoms with Crippen LogP contribution in [0, 0.1) is 6.92 Å². The fraction of sp³-hybridized carbons (Fsp3) is 0.214. The summed E-state index contributed by atoms with van der Waals surface area (Å²) in [6.07, 6.45) is 2.07. The Balaban J connectivity index is 1.84. The van der Waals surface area contributed by atoms with Crippen molar-refractivity contribution in [1.82, 2.24) is 15.6 Å². The van der Waals surface area contributed by atoms with Crippen LogP contribution in [0.1, 0.15) is 23.2 Å². The largest absolute Gasteiger partial charge is 0.302 e. The third-order valence-corrected chi connectivity index (χ3v) is 3.18. The highest BCUT2D eigenvalue weighted by molar-refractivity contribution is 6.30. The van der Waals surface area contributed by atoms with Gasteiger partial charge < -0.3 is 5.10 Å². The molecule has 0 saturated heterocycles. The maximum atomic E-state index is 11.6. The van der Waals surface area contributed by atoms with Gasteiger partial charge in [-0.2, -0.15) is 5.10 Å². The number of benzene rings is 1. The zero-order valence-corrected chi connectivity index (χ0v) is 12.2. The predicted molar refractivity (Wildman–Crippen MR) is 81.7 cm³/mol. The van der Waals surface area contributed by atoms with Gasteiger partial charge in [0.25, 0.3) is 5.56 Å². The molecule has 6 nitrogen and oxygen atoms in total. The molecule has 21 heavy (non-hydrogen) atoms. The van der Waals surface area contributed by atoms with Gasteiger partial charge in [0.2, 0.25) is 5.91 Å². The zero-order chi connectivity index (χ0) is 15.2. The molecule has 0 aliphatic carbocycles. The molecule has 2 aromatic rings. The maximum Gasteiger partial charge on any atom is 0.267 e. The monoisotopic (exact) mass is 306 g/mol. The number of hydrogen-bond acceptors (Lipinski definition) is 3. The number of amides is 1. The molecule has 7 heteroatoms. The lowest BCUT2D eigenvalue weighted by molar-refractivity contribution is -0.121. The molecule has 0 saturated carbocycles. The van der Waals surface area contributed by atoms with E-state index in [0.29, 0.717) is 17.0 Å². The Morgan fingerprint density at radius 3 is 2.90 bits per heavy atom. The van der Waals surface area contributed by atoms with E-state index in [4.69, 9.17) is 11.6 Å². The van der Waals surface area contributed by atoms with E-state index < -0.39 is 0 Å². The maximum absolute atomic E-state index is 11.6. The van der Waals surface area contributed by atoms with Crippen molar-refractivity contribution in [3.8, 4) is 0 Å². The second-order valence-corrected chi connectivity index (χ2v) is 4.97. The molecule has 0 atom stereocenters. The van der Waals surface area contributed by atoms with E-state index in [1.54, 1.807) is 25.1 Å². The molecule has 0 aliphatic heterocycles. The number of carbonyl (C=O) groups is 1. The van der Waals surface area contributed by atoms with Crippen molar-refractivity contribution in [3.63, 3.8) is 0 Å². The van der Waals surface area contributed by atoms with Gasteiger partial charge in [0.15, 0.2) is 0 Å². The first-order valence-electron chi connectivity index (χ1n) is 6.40. The Kier molecular flexibility index (Phi) is 4.94. The van der Waals surface area contributed by atoms with E-state index >= 15 is 0 Å². The number of hydrogen-bond donors (Lipinski definition) is 3. The number of rotatable bonds is 5. The number of aryl methyl sites for hydroxylation is 1. The molecular weight excluding hydrogens is 292 g/mol. The van der Waals surface area contributed by atoms with Crippen LogP contribution in [0.25, 0.3) is 0 Å². The van der Waals surface area contributed by atoms with E-state index in [1.807, 2.05) is 6.07 Å². The van der Waals surface area contributed by atoms with Crippen LogP contribution in [0.5, 0.6) is 0 Å². The van der Waals surface area contributed by atoms with Gasteiger partial charge in [0.1, 0.15) is 0 Å². The van der Waals surface area contributed by atoms with Crippen LogP contribution in [0.2, 0.25) is 5.02 Å². The number of aromatic amines is 2. The fourth-order valence-corrected chi connectivity index (χ4v) is 2.03. The normalized spacial score (nSPS) is 11.0. The molecule has 1 heterocycles. The summed E-state index contributed by atoms with van der Waals surface area (Å²) in [4.78, 5) is 23.1. The van der Waals surface area contributed by atoms with Gasteiger partial charge >= 0.3 is 0 Å². The van der Waals surface area contributed by atoms with E-state index in [-0.39, 0.29) is 17.9 Å². The van der Waals surface area contributed by atoms with Gasteiger partial charge in [-0.1, -0.05) is 23.7 Å². The SMILES string of the molecule is Cc1[nH][nH]c(=O)c1CCC(=O)N/N=C/c1cccc(Cl)c1. The highest BCUT2D eigenvalue weighted by Crippen LogP contribution is 2.08. The van der Waals surface area contributed by atoms with Gasteiger partial charge in [-0.05, 0) is 31.0 Å². The Morgan fingerprint density at radius 1 is 1.43 bits per heavy atom. The highest BCUT2D eigenvalue weighted by atomic mass is 35.5. The number of aromatic nitrogens is 2. The van der Waals surface area contributed by atoms with Crippen LogP contribution in [-0.4, -0.2) is 22.3 Å². The Morgan fingerprint density at radius 2 is 2.24 bits per heavy atom. The minimum absolute atomic E-state index is 0.189. The van der Waals surface area contributed by atoms with Crippen molar-refractivity contribution >= 4 is 23.7 Å². The molecule has 2 rings (SSSR count). The molecular formula is C14H15ClN4O2.